The summed E-state index contributed by atoms with van der Waals surface area (Å²) in [7, 11) is 3.16. The van der Waals surface area contributed by atoms with Gasteiger partial charge in [-0.05, 0) is 42.3 Å². The molecule has 1 aliphatic heterocycles. The van der Waals surface area contributed by atoms with E-state index in [1.165, 1.54) is 0 Å². The molecule has 4 rings (SSSR count). The van der Waals surface area contributed by atoms with Crippen LogP contribution in [0.25, 0.3) is 11.4 Å². The molecule has 0 radical (unpaired) electrons. The predicted molar refractivity (Wildman–Crippen MR) is 112 cm³/mol. The van der Waals surface area contributed by atoms with Crippen molar-refractivity contribution in [3.8, 4) is 22.9 Å². The zero-order valence-electron chi connectivity index (χ0n) is 16.8. The van der Waals surface area contributed by atoms with Crippen LogP contribution in [0.4, 0.5) is 0 Å². The molecule has 0 aliphatic carbocycles. The average Bonchev–Trinajstić information content (AvgIpc) is 3.40. The lowest BCUT2D eigenvalue weighted by molar-refractivity contribution is -0.127. The van der Waals surface area contributed by atoms with Crippen molar-refractivity contribution in [1.29, 1.82) is 0 Å². The summed E-state index contributed by atoms with van der Waals surface area (Å²) < 4.78 is 16.1. The number of hydrogen-bond acceptors (Lipinski definition) is 6. The minimum atomic E-state index is -0.107. The van der Waals surface area contributed by atoms with Gasteiger partial charge < -0.3 is 18.9 Å². The molecule has 156 valence electrons. The van der Waals surface area contributed by atoms with Crippen molar-refractivity contribution in [3.63, 3.8) is 0 Å². The number of halogens is 1. The normalized spacial score (nSPS) is 16.2. The van der Waals surface area contributed by atoms with Crippen molar-refractivity contribution in [2.24, 2.45) is 0 Å². The standard InChI is InChI=1S/C22H22ClN3O4/c1-28-18-8-5-15(11-19(18)29-2)21-24-22(30-25-21)16-12-20(27)26(13-16)10-9-14-3-6-17(23)7-4-14/h3-8,11,16H,9-10,12-13H2,1-2H3. The Balaban J connectivity index is 1.42. The van der Waals surface area contributed by atoms with Gasteiger partial charge in [0.2, 0.25) is 17.6 Å². The lowest BCUT2D eigenvalue weighted by Gasteiger charge is -2.15. The maximum atomic E-state index is 12.4. The highest BCUT2D eigenvalue weighted by atomic mass is 35.5. The highest BCUT2D eigenvalue weighted by Gasteiger charge is 2.34. The first kappa shape index (κ1) is 20.2. The Morgan fingerprint density at radius 2 is 1.90 bits per heavy atom. The fourth-order valence-corrected chi connectivity index (χ4v) is 3.69. The molecule has 1 fully saturated rings. The number of likely N-dealkylation sites (tertiary alicyclic amines) is 1. The molecule has 2 heterocycles. The Labute approximate surface area is 179 Å². The molecule has 0 saturated carbocycles. The zero-order valence-corrected chi connectivity index (χ0v) is 17.6. The summed E-state index contributed by atoms with van der Waals surface area (Å²) in [6, 6.07) is 13.1. The monoisotopic (exact) mass is 427 g/mol. The number of nitrogens with zero attached hydrogens (tertiary/aromatic N) is 3. The van der Waals surface area contributed by atoms with Crippen molar-refractivity contribution in [3.05, 3.63) is 58.9 Å². The summed E-state index contributed by atoms with van der Waals surface area (Å²) in [4.78, 5) is 18.8. The van der Waals surface area contributed by atoms with Crippen molar-refractivity contribution in [2.45, 2.75) is 18.8 Å². The molecule has 1 unspecified atom stereocenters. The van der Waals surface area contributed by atoms with E-state index < -0.39 is 0 Å². The molecule has 7 nitrogen and oxygen atoms in total. The van der Waals surface area contributed by atoms with Crippen LogP contribution in [0.1, 0.15) is 23.8 Å². The predicted octanol–water partition coefficient (Wildman–Crippen LogP) is 3.97. The number of carbonyl (C=O) groups is 1. The number of ether oxygens (including phenoxy) is 2. The van der Waals surface area contributed by atoms with Crippen molar-refractivity contribution in [1.82, 2.24) is 15.0 Å². The smallest absolute Gasteiger partial charge is 0.232 e. The fraction of sp³-hybridized carbons (Fsp3) is 0.318. The third-order valence-electron chi connectivity index (χ3n) is 5.23. The SMILES string of the molecule is COc1ccc(-c2noc(C3CC(=O)N(CCc4ccc(Cl)cc4)C3)n2)cc1OC. The molecule has 1 saturated heterocycles. The van der Waals surface area contributed by atoms with Crippen LogP contribution in [-0.2, 0) is 11.2 Å². The van der Waals surface area contributed by atoms with Gasteiger partial charge >= 0.3 is 0 Å². The van der Waals surface area contributed by atoms with Crippen molar-refractivity contribution < 1.29 is 18.8 Å². The van der Waals surface area contributed by atoms with Crippen LogP contribution in [0.15, 0.2) is 47.0 Å². The molecule has 1 aliphatic rings. The van der Waals surface area contributed by atoms with Gasteiger partial charge in [0.15, 0.2) is 11.5 Å². The molecular formula is C22H22ClN3O4. The van der Waals surface area contributed by atoms with Crippen molar-refractivity contribution in [2.75, 3.05) is 27.3 Å². The fourth-order valence-electron chi connectivity index (χ4n) is 3.56. The quantitative estimate of drug-likeness (QED) is 0.567. The minimum Gasteiger partial charge on any atom is -0.493 e. The largest absolute Gasteiger partial charge is 0.493 e. The van der Waals surface area contributed by atoms with Gasteiger partial charge in [-0.2, -0.15) is 4.98 Å². The topological polar surface area (TPSA) is 77.7 Å². The van der Waals surface area contributed by atoms with E-state index in [9.17, 15) is 4.79 Å². The lowest BCUT2D eigenvalue weighted by Crippen LogP contribution is -2.27. The summed E-state index contributed by atoms with van der Waals surface area (Å²) in [6.45, 7) is 1.22. The van der Waals surface area contributed by atoms with Gasteiger partial charge in [0.1, 0.15) is 0 Å². The summed E-state index contributed by atoms with van der Waals surface area (Å²) in [5.41, 5.74) is 1.90. The van der Waals surface area contributed by atoms with E-state index in [0.29, 0.717) is 47.7 Å². The first-order valence-electron chi connectivity index (χ1n) is 9.65. The Hall–Kier alpha value is -3.06. The number of benzene rings is 2. The van der Waals surface area contributed by atoms with E-state index in [0.717, 1.165) is 17.5 Å². The van der Waals surface area contributed by atoms with E-state index in [-0.39, 0.29) is 11.8 Å². The average molecular weight is 428 g/mol. The number of amides is 1. The van der Waals surface area contributed by atoms with Crippen LogP contribution in [0.3, 0.4) is 0 Å². The molecule has 3 aromatic rings. The summed E-state index contributed by atoms with van der Waals surface area (Å²) in [6.07, 6.45) is 1.14. The molecule has 0 spiro atoms. The summed E-state index contributed by atoms with van der Waals surface area (Å²) >= 11 is 5.93. The first-order valence-corrected chi connectivity index (χ1v) is 10.0. The van der Waals surface area contributed by atoms with Crippen molar-refractivity contribution >= 4 is 17.5 Å². The highest BCUT2D eigenvalue weighted by Crippen LogP contribution is 2.33. The van der Waals surface area contributed by atoms with Gasteiger partial charge in [-0.15, -0.1) is 0 Å². The maximum absolute atomic E-state index is 12.4. The van der Waals surface area contributed by atoms with Crippen LogP contribution >= 0.6 is 11.6 Å². The van der Waals surface area contributed by atoms with Gasteiger partial charge in [0.05, 0.1) is 20.1 Å². The molecule has 1 aromatic heterocycles. The summed E-state index contributed by atoms with van der Waals surface area (Å²) in [5, 5.41) is 4.80. The lowest BCUT2D eigenvalue weighted by atomic mass is 10.1. The molecule has 8 heteroatoms. The minimum absolute atomic E-state index is 0.0971. The Morgan fingerprint density at radius 3 is 2.63 bits per heavy atom. The van der Waals surface area contributed by atoms with Gasteiger partial charge in [-0.3, -0.25) is 4.79 Å². The van der Waals surface area contributed by atoms with Gasteiger partial charge in [-0.25, -0.2) is 0 Å². The van der Waals surface area contributed by atoms with Gasteiger partial charge in [-0.1, -0.05) is 28.9 Å². The second-order valence-corrected chi connectivity index (χ2v) is 7.58. The third kappa shape index (κ3) is 4.26. The first-order chi connectivity index (χ1) is 14.6. The molecular weight excluding hydrogens is 406 g/mol. The molecule has 30 heavy (non-hydrogen) atoms. The molecule has 2 aromatic carbocycles. The van der Waals surface area contributed by atoms with Gasteiger partial charge in [0, 0.05) is 30.1 Å². The number of hydrogen-bond donors (Lipinski definition) is 0. The Kier molecular flexibility index (Phi) is 5.90. The van der Waals surface area contributed by atoms with E-state index >= 15 is 0 Å². The van der Waals surface area contributed by atoms with Gasteiger partial charge in [0.25, 0.3) is 0 Å². The van der Waals surface area contributed by atoms with Crippen LogP contribution in [0.2, 0.25) is 5.02 Å². The van der Waals surface area contributed by atoms with Crippen LogP contribution in [-0.4, -0.2) is 48.3 Å². The Bertz CT molecular complexity index is 1040. The second-order valence-electron chi connectivity index (χ2n) is 7.14. The summed E-state index contributed by atoms with van der Waals surface area (Å²) in [5.74, 6) is 2.14. The number of methoxy groups -OCH3 is 2. The molecule has 0 N–H and O–H groups in total. The molecule has 0 bridgehead atoms. The van der Waals surface area contributed by atoms with E-state index in [1.807, 2.05) is 35.2 Å². The zero-order chi connectivity index (χ0) is 21.1. The van der Waals surface area contributed by atoms with Crippen LogP contribution in [0.5, 0.6) is 11.5 Å². The number of rotatable bonds is 7. The van der Waals surface area contributed by atoms with E-state index in [2.05, 4.69) is 10.1 Å². The third-order valence-corrected chi connectivity index (χ3v) is 5.48. The maximum Gasteiger partial charge on any atom is 0.232 e. The van der Waals surface area contributed by atoms with E-state index in [1.54, 1.807) is 26.4 Å². The highest BCUT2D eigenvalue weighted by molar-refractivity contribution is 6.30. The second kappa shape index (κ2) is 8.75. The molecule has 1 amide bonds. The Morgan fingerprint density at radius 1 is 1.13 bits per heavy atom. The number of aromatic nitrogens is 2. The van der Waals surface area contributed by atoms with Crippen LogP contribution < -0.4 is 9.47 Å². The number of carbonyl (C=O) groups excluding carboxylic acids is 1. The van der Waals surface area contributed by atoms with Crippen LogP contribution in [0, 0.1) is 0 Å². The van der Waals surface area contributed by atoms with E-state index in [4.69, 9.17) is 25.6 Å². The molecule has 1 atom stereocenters.